The lowest BCUT2D eigenvalue weighted by Gasteiger charge is -2.16. The SMILES string of the molecule is CC[C@H]1CCCCCCCCCCCC(=O)O1. The number of carbonyl (C=O) groups excluding carboxylic acids is 1. The normalized spacial score (nSPS) is 25.9. The smallest absolute Gasteiger partial charge is 0.306 e. The van der Waals surface area contributed by atoms with Gasteiger partial charge in [0.25, 0.3) is 0 Å². The zero-order chi connectivity index (χ0) is 12.3. The van der Waals surface area contributed by atoms with E-state index >= 15 is 0 Å². The largest absolute Gasteiger partial charge is 0.462 e. The maximum absolute atomic E-state index is 11.6. The van der Waals surface area contributed by atoms with Crippen molar-refractivity contribution >= 4 is 5.97 Å². The van der Waals surface area contributed by atoms with Gasteiger partial charge in [-0.05, 0) is 25.7 Å². The van der Waals surface area contributed by atoms with E-state index in [4.69, 9.17) is 4.74 Å². The fourth-order valence-corrected chi connectivity index (χ4v) is 2.47. The Bertz CT molecular complexity index is 201. The van der Waals surface area contributed by atoms with Gasteiger partial charge in [0.15, 0.2) is 0 Å². The molecule has 0 saturated carbocycles. The first-order valence-corrected chi connectivity index (χ1v) is 7.52. The number of carbonyl (C=O) groups is 1. The third-order valence-electron chi connectivity index (χ3n) is 3.66. The monoisotopic (exact) mass is 240 g/mol. The van der Waals surface area contributed by atoms with Gasteiger partial charge in [0.05, 0.1) is 0 Å². The van der Waals surface area contributed by atoms with Crippen LogP contribution in [0.1, 0.15) is 84.0 Å². The number of rotatable bonds is 1. The first-order valence-electron chi connectivity index (χ1n) is 7.52. The second kappa shape index (κ2) is 9.49. The predicted octanol–water partition coefficient (Wildman–Crippen LogP) is 4.61. The minimum atomic E-state index is 0.0221. The molecule has 2 heteroatoms. The van der Waals surface area contributed by atoms with Crippen molar-refractivity contribution in [2.45, 2.75) is 90.1 Å². The molecule has 1 aliphatic heterocycles. The molecule has 0 aliphatic carbocycles. The summed E-state index contributed by atoms with van der Waals surface area (Å²) in [6, 6.07) is 0. The van der Waals surface area contributed by atoms with E-state index in [1.165, 1.54) is 51.4 Å². The Balaban J connectivity index is 2.30. The Kier molecular flexibility index (Phi) is 8.12. The van der Waals surface area contributed by atoms with Crippen LogP contribution in [0, 0.1) is 0 Å². The highest BCUT2D eigenvalue weighted by molar-refractivity contribution is 5.69. The molecule has 0 aromatic carbocycles. The maximum atomic E-state index is 11.6. The van der Waals surface area contributed by atoms with Gasteiger partial charge in [0.1, 0.15) is 6.10 Å². The Morgan fingerprint density at radius 3 is 2.06 bits per heavy atom. The molecule has 0 radical (unpaired) electrons. The van der Waals surface area contributed by atoms with Crippen molar-refractivity contribution in [1.29, 1.82) is 0 Å². The molecule has 1 atom stereocenters. The third-order valence-corrected chi connectivity index (χ3v) is 3.66. The Labute approximate surface area is 106 Å². The number of ether oxygens (including phenoxy) is 1. The summed E-state index contributed by atoms with van der Waals surface area (Å²) in [7, 11) is 0. The van der Waals surface area contributed by atoms with Crippen LogP contribution >= 0.6 is 0 Å². The molecular formula is C15H28O2. The van der Waals surface area contributed by atoms with Crippen LogP contribution in [0.25, 0.3) is 0 Å². The van der Waals surface area contributed by atoms with Gasteiger partial charge in [0, 0.05) is 6.42 Å². The number of hydrogen-bond donors (Lipinski definition) is 0. The zero-order valence-electron chi connectivity index (χ0n) is 11.4. The summed E-state index contributed by atoms with van der Waals surface area (Å²) in [6.07, 6.45) is 14.3. The third kappa shape index (κ3) is 7.40. The van der Waals surface area contributed by atoms with Crippen LogP contribution in [0.15, 0.2) is 0 Å². The molecule has 1 rings (SSSR count). The second-order valence-corrected chi connectivity index (χ2v) is 5.24. The minimum absolute atomic E-state index is 0.0221. The number of cyclic esters (lactones) is 1. The summed E-state index contributed by atoms with van der Waals surface area (Å²) in [5, 5.41) is 0. The molecule has 17 heavy (non-hydrogen) atoms. The minimum Gasteiger partial charge on any atom is -0.462 e. The number of esters is 1. The van der Waals surface area contributed by atoms with Crippen LogP contribution in [-0.2, 0) is 9.53 Å². The van der Waals surface area contributed by atoms with E-state index < -0.39 is 0 Å². The van der Waals surface area contributed by atoms with E-state index in [0.29, 0.717) is 6.42 Å². The zero-order valence-corrected chi connectivity index (χ0v) is 11.4. The topological polar surface area (TPSA) is 26.3 Å². The molecule has 0 aromatic rings. The maximum Gasteiger partial charge on any atom is 0.306 e. The predicted molar refractivity (Wildman–Crippen MR) is 71.0 cm³/mol. The first-order chi connectivity index (χ1) is 8.33. The highest BCUT2D eigenvalue weighted by Crippen LogP contribution is 2.16. The lowest BCUT2D eigenvalue weighted by Crippen LogP contribution is -2.17. The van der Waals surface area contributed by atoms with Crippen molar-refractivity contribution in [3.8, 4) is 0 Å². The summed E-state index contributed by atoms with van der Waals surface area (Å²) >= 11 is 0. The van der Waals surface area contributed by atoms with Gasteiger partial charge in [-0.1, -0.05) is 51.9 Å². The first kappa shape index (κ1) is 14.5. The van der Waals surface area contributed by atoms with Crippen LogP contribution in [0.2, 0.25) is 0 Å². The standard InChI is InChI=1S/C15H28O2/c1-2-14-12-10-8-6-4-3-5-7-9-11-13-15(16)17-14/h14H,2-13H2,1H3/t14-/m0/s1. The van der Waals surface area contributed by atoms with E-state index in [0.717, 1.165) is 19.3 Å². The van der Waals surface area contributed by atoms with E-state index in [1.807, 2.05) is 0 Å². The van der Waals surface area contributed by atoms with E-state index in [2.05, 4.69) is 6.92 Å². The van der Waals surface area contributed by atoms with Crippen LogP contribution in [0.5, 0.6) is 0 Å². The van der Waals surface area contributed by atoms with Crippen molar-refractivity contribution < 1.29 is 9.53 Å². The second-order valence-electron chi connectivity index (χ2n) is 5.24. The molecule has 1 aliphatic rings. The highest BCUT2D eigenvalue weighted by atomic mass is 16.5. The van der Waals surface area contributed by atoms with Gasteiger partial charge >= 0.3 is 5.97 Å². The molecule has 2 nitrogen and oxygen atoms in total. The van der Waals surface area contributed by atoms with Crippen molar-refractivity contribution in [3.63, 3.8) is 0 Å². The summed E-state index contributed by atoms with van der Waals surface area (Å²) in [4.78, 5) is 11.6. The molecule has 0 spiro atoms. The van der Waals surface area contributed by atoms with Gasteiger partial charge < -0.3 is 4.74 Å². The van der Waals surface area contributed by atoms with Gasteiger partial charge in [0.2, 0.25) is 0 Å². The Morgan fingerprint density at radius 2 is 1.47 bits per heavy atom. The van der Waals surface area contributed by atoms with Crippen molar-refractivity contribution in [2.24, 2.45) is 0 Å². The van der Waals surface area contributed by atoms with Crippen molar-refractivity contribution in [2.75, 3.05) is 0 Å². The lowest BCUT2D eigenvalue weighted by atomic mass is 10.0. The van der Waals surface area contributed by atoms with E-state index in [9.17, 15) is 4.79 Å². The van der Waals surface area contributed by atoms with Crippen LogP contribution < -0.4 is 0 Å². The molecule has 0 unspecified atom stereocenters. The molecule has 1 saturated heterocycles. The fourth-order valence-electron chi connectivity index (χ4n) is 2.47. The van der Waals surface area contributed by atoms with E-state index in [-0.39, 0.29) is 12.1 Å². The van der Waals surface area contributed by atoms with Crippen molar-refractivity contribution in [1.82, 2.24) is 0 Å². The number of hydrogen-bond acceptors (Lipinski definition) is 2. The summed E-state index contributed by atoms with van der Waals surface area (Å²) in [6.45, 7) is 2.11. The van der Waals surface area contributed by atoms with E-state index in [1.54, 1.807) is 0 Å². The molecule has 0 amide bonds. The summed E-state index contributed by atoms with van der Waals surface area (Å²) in [5.74, 6) is 0.0221. The average molecular weight is 240 g/mol. The van der Waals surface area contributed by atoms with Crippen LogP contribution in [0.3, 0.4) is 0 Å². The van der Waals surface area contributed by atoms with Gasteiger partial charge in [-0.3, -0.25) is 4.79 Å². The molecule has 0 aromatic heterocycles. The summed E-state index contributed by atoms with van der Waals surface area (Å²) in [5.41, 5.74) is 0. The van der Waals surface area contributed by atoms with Crippen molar-refractivity contribution in [3.05, 3.63) is 0 Å². The molecule has 0 bridgehead atoms. The van der Waals surface area contributed by atoms with Crippen LogP contribution in [-0.4, -0.2) is 12.1 Å². The lowest BCUT2D eigenvalue weighted by molar-refractivity contribution is -0.149. The molecule has 100 valence electrons. The summed E-state index contributed by atoms with van der Waals surface area (Å²) < 4.78 is 5.51. The fraction of sp³-hybridized carbons (Fsp3) is 0.933. The molecule has 0 N–H and O–H groups in total. The average Bonchev–Trinajstić information content (AvgIpc) is 2.33. The molecule has 1 fully saturated rings. The van der Waals surface area contributed by atoms with Crippen LogP contribution in [0.4, 0.5) is 0 Å². The highest BCUT2D eigenvalue weighted by Gasteiger charge is 2.12. The Morgan fingerprint density at radius 1 is 0.941 bits per heavy atom. The van der Waals surface area contributed by atoms with Gasteiger partial charge in [-0.2, -0.15) is 0 Å². The van der Waals surface area contributed by atoms with Gasteiger partial charge in [-0.25, -0.2) is 0 Å². The molecular weight excluding hydrogens is 212 g/mol. The Hall–Kier alpha value is -0.530. The quantitative estimate of drug-likeness (QED) is 0.625. The molecule has 1 heterocycles. The van der Waals surface area contributed by atoms with Gasteiger partial charge in [-0.15, -0.1) is 0 Å².